The molecule has 0 aliphatic carbocycles. The van der Waals surface area contributed by atoms with E-state index in [4.69, 9.17) is 16.3 Å². The average Bonchev–Trinajstić information content (AvgIpc) is 2.75. The Morgan fingerprint density at radius 1 is 1.67 bits per heavy atom. The molecule has 1 aromatic rings. The fourth-order valence-electron chi connectivity index (χ4n) is 2.10. The Labute approximate surface area is 94.8 Å². The van der Waals surface area contributed by atoms with Crippen LogP contribution in [0.2, 0.25) is 5.02 Å². The van der Waals surface area contributed by atoms with Crippen molar-refractivity contribution in [2.75, 3.05) is 20.3 Å². The van der Waals surface area contributed by atoms with Crippen molar-refractivity contribution >= 4 is 11.6 Å². The van der Waals surface area contributed by atoms with E-state index in [1.165, 1.54) is 0 Å². The van der Waals surface area contributed by atoms with Gasteiger partial charge in [0.1, 0.15) is 0 Å². The third-order valence-corrected chi connectivity index (χ3v) is 3.20. The highest BCUT2D eigenvalue weighted by atomic mass is 35.5. The average molecular weight is 227 g/mol. The molecule has 0 amide bonds. The van der Waals surface area contributed by atoms with E-state index in [0.717, 1.165) is 30.2 Å². The largest absolute Gasteiger partial charge is 0.381 e. The highest BCUT2D eigenvalue weighted by Crippen LogP contribution is 2.31. The summed E-state index contributed by atoms with van der Waals surface area (Å²) < 4.78 is 5.40. The van der Waals surface area contributed by atoms with Crippen molar-refractivity contribution in [3.05, 3.63) is 29.0 Å². The standard InChI is InChI=1S/C11H15ClN2O/c1-13-11(8-3-5-15-7-8)9-2-4-14-6-10(9)12/h2,4,6,8,11,13H,3,5,7H2,1H3. The van der Waals surface area contributed by atoms with Crippen molar-refractivity contribution in [3.8, 4) is 0 Å². The Balaban J connectivity index is 2.22. The second-order valence-corrected chi connectivity index (χ2v) is 4.19. The van der Waals surface area contributed by atoms with E-state index < -0.39 is 0 Å². The third-order valence-electron chi connectivity index (χ3n) is 2.89. The van der Waals surface area contributed by atoms with Gasteiger partial charge in [0.2, 0.25) is 0 Å². The highest BCUT2D eigenvalue weighted by molar-refractivity contribution is 6.31. The molecule has 0 radical (unpaired) electrons. The summed E-state index contributed by atoms with van der Waals surface area (Å²) in [5, 5.41) is 4.03. The molecule has 15 heavy (non-hydrogen) atoms. The van der Waals surface area contributed by atoms with E-state index in [9.17, 15) is 0 Å². The van der Waals surface area contributed by atoms with Gasteiger partial charge in [-0.05, 0) is 25.1 Å². The maximum absolute atomic E-state index is 6.13. The number of nitrogens with zero attached hydrogens (tertiary/aromatic N) is 1. The van der Waals surface area contributed by atoms with Crippen LogP contribution >= 0.6 is 11.6 Å². The van der Waals surface area contributed by atoms with Gasteiger partial charge in [0, 0.05) is 31.0 Å². The molecular weight excluding hydrogens is 212 g/mol. The molecule has 2 heterocycles. The highest BCUT2D eigenvalue weighted by Gasteiger charge is 2.27. The summed E-state index contributed by atoms with van der Waals surface area (Å²) in [6, 6.07) is 2.24. The molecule has 0 bridgehead atoms. The molecule has 4 heteroatoms. The second kappa shape index (κ2) is 4.92. The molecule has 2 unspecified atom stereocenters. The van der Waals surface area contributed by atoms with E-state index in [1.54, 1.807) is 12.4 Å². The molecule has 1 aliphatic rings. The molecular formula is C11H15ClN2O. The molecule has 1 fully saturated rings. The van der Waals surface area contributed by atoms with Crippen LogP contribution in [0.5, 0.6) is 0 Å². The molecule has 0 aromatic carbocycles. The third kappa shape index (κ3) is 2.30. The summed E-state index contributed by atoms with van der Waals surface area (Å²) >= 11 is 6.13. The minimum atomic E-state index is 0.267. The van der Waals surface area contributed by atoms with Gasteiger partial charge in [-0.2, -0.15) is 0 Å². The van der Waals surface area contributed by atoms with Crippen LogP contribution in [0.4, 0.5) is 0 Å². The van der Waals surface area contributed by atoms with Crippen molar-refractivity contribution < 1.29 is 4.74 Å². The molecule has 1 saturated heterocycles. The summed E-state index contributed by atoms with van der Waals surface area (Å²) in [5.74, 6) is 0.509. The fraction of sp³-hybridized carbons (Fsp3) is 0.545. The number of halogens is 1. The maximum atomic E-state index is 6.13. The van der Waals surface area contributed by atoms with Gasteiger partial charge in [-0.25, -0.2) is 0 Å². The minimum Gasteiger partial charge on any atom is -0.381 e. The first-order valence-electron chi connectivity index (χ1n) is 5.17. The van der Waals surface area contributed by atoms with Gasteiger partial charge in [0.05, 0.1) is 11.6 Å². The van der Waals surface area contributed by atoms with Gasteiger partial charge >= 0.3 is 0 Å². The zero-order chi connectivity index (χ0) is 10.7. The SMILES string of the molecule is CNC(c1ccncc1Cl)C1CCOC1. The lowest BCUT2D eigenvalue weighted by Crippen LogP contribution is -2.25. The van der Waals surface area contributed by atoms with Crippen LogP contribution in [0.3, 0.4) is 0 Å². The lowest BCUT2D eigenvalue weighted by atomic mass is 9.93. The lowest BCUT2D eigenvalue weighted by Gasteiger charge is -2.22. The van der Waals surface area contributed by atoms with E-state index in [1.807, 2.05) is 13.1 Å². The predicted octanol–water partition coefficient (Wildman–Crippen LogP) is 2.03. The molecule has 1 aromatic heterocycles. The van der Waals surface area contributed by atoms with Crippen molar-refractivity contribution in [3.63, 3.8) is 0 Å². The van der Waals surface area contributed by atoms with Crippen molar-refractivity contribution in [2.24, 2.45) is 5.92 Å². The first-order valence-corrected chi connectivity index (χ1v) is 5.55. The Bertz CT molecular complexity index is 326. The van der Waals surface area contributed by atoms with Gasteiger partial charge in [-0.1, -0.05) is 11.6 Å². The first kappa shape index (κ1) is 10.9. The number of ether oxygens (including phenoxy) is 1. The second-order valence-electron chi connectivity index (χ2n) is 3.79. The van der Waals surface area contributed by atoms with E-state index in [-0.39, 0.29) is 6.04 Å². The molecule has 0 saturated carbocycles. The van der Waals surface area contributed by atoms with Crippen molar-refractivity contribution in [1.29, 1.82) is 0 Å². The van der Waals surface area contributed by atoms with Gasteiger partial charge in [-0.15, -0.1) is 0 Å². The Hall–Kier alpha value is -0.640. The normalized spacial score (nSPS) is 22.9. The maximum Gasteiger partial charge on any atom is 0.0637 e. The minimum absolute atomic E-state index is 0.267. The number of hydrogen-bond acceptors (Lipinski definition) is 3. The van der Waals surface area contributed by atoms with Crippen molar-refractivity contribution in [2.45, 2.75) is 12.5 Å². The van der Waals surface area contributed by atoms with Gasteiger partial charge < -0.3 is 10.1 Å². The van der Waals surface area contributed by atoms with Crippen LogP contribution in [-0.4, -0.2) is 25.2 Å². The molecule has 2 rings (SSSR count). The fourth-order valence-corrected chi connectivity index (χ4v) is 2.34. The number of rotatable bonds is 3. The molecule has 82 valence electrons. The van der Waals surface area contributed by atoms with Crippen LogP contribution in [0.25, 0.3) is 0 Å². The van der Waals surface area contributed by atoms with E-state index in [0.29, 0.717) is 5.92 Å². The smallest absolute Gasteiger partial charge is 0.0637 e. The number of hydrogen-bond donors (Lipinski definition) is 1. The molecule has 1 aliphatic heterocycles. The monoisotopic (exact) mass is 226 g/mol. The quantitative estimate of drug-likeness (QED) is 0.857. The summed E-state index contributed by atoms with van der Waals surface area (Å²) in [6.45, 7) is 1.66. The summed E-state index contributed by atoms with van der Waals surface area (Å²) in [4.78, 5) is 4.00. The summed E-state index contributed by atoms with van der Waals surface area (Å²) in [7, 11) is 1.96. The van der Waals surface area contributed by atoms with Crippen LogP contribution < -0.4 is 5.32 Å². The number of aromatic nitrogens is 1. The van der Waals surface area contributed by atoms with Crippen LogP contribution in [0.1, 0.15) is 18.0 Å². The molecule has 0 spiro atoms. The van der Waals surface area contributed by atoms with Crippen molar-refractivity contribution in [1.82, 2.24) is 10.3 Å². The zero-order valence-electron chi connectivity index (χ0n) is 8.74. The zero-order valence-corrected chi connectivity index (χ0v) is 9.50. The molecule has 3 nitrogen and oxygen atoms in total. The summed E-state index contributed by atoms with van der Waals surface area (Å²) in [6.07, 6.45) is 4.56. The van der Waals surface area contributed by atoms with E-state index >= 15 is 0 Å². The van der Waals surface area contributed by atoms with Crippen LogP contribution in [-0.2, 0) is 4.74 Å². The first-order chi connectivity index (χ1) is 7.33. The molecule has 1 N–H and O–H groups in total. The van der Waals surface area contributed by atoms with Crippen LogP contribution in [0.15, 0.2) is 18.5 Å². The topological polar surface area (TPSA) is 34.2 Å². The van der Waals surface area contributed by atoms with E-state index in [2.05, 4.69) is 10.3 Å². The van der Waals surface area contributed by atoms with Crippen LogP contribution in [0, 0.1) is 5.92 Å². The Kier molecular flexibility index (Phi) is 3.57. The van der Waals surface area contributed by atoms with Gasteiger partial charge in [0.15, 0.2) is 0 Å². The lowest BCUT2D eigenvalue weighted by molar-refractivity contribution is 0.178. The Morgan fingerprint density at radius 3 is 3.13 bits per heavy atom. The predicted molar refractivity (Wildman–Crippen MR) is 60.0 cm³/mol. The number of pyridine rings is 1. The van der Waals surface area contributed by atoms with Gasteiger partial charge in [-0.3, -0.25) is 4.98 Å². The number of nitrogens with one attached hydrogen (secondary N) is 1. The summed E-state index contributed by atoms with van der Waals surface area (Å²) in [5.41, 5.74) is 1.12. The molecule has 2 atom stereocenters. The Morgan fingerprint density at radius 2 is 2.53 bits per heavy atom. The van der Waals surface area contributed by atoms with Gasteiger partial charge in [0.25, 0.3) is 0 Å².